The van der Waals surface area contributed by atoms with Crippen molar-refractivity contribution >= 4 is 31.0 Å². The number of fused-ring (bicyclic) bond motifs is 1. The zero-order valence-corrected chi connectivity index (χ0v) is 12.3. The van der Waals surface area contributed by atoms with Gasteiger partial charge in [-0.05, 0) is 47.9 Å². The molecule has 0 heterocycles. The molecule has 0 radical (unpaired) electrons. The second-order valence-electron chi connectivity index (χ2n) is 4.53. The smallest absolute Gasteiger partial charge is 0.282 e. The van der Waals surface area contributed by atoms with Crippen molar-refractivity contribution in [2.75, 3.05) is 0 Å². The monoisotopic (exact) mass is 316 g/mol. The second kappa shape index (κ2) is 4.52. The third-order valence-electron chi connectivity index (χ3n) is 3.07. The zero-order valence-electron chi connectivity index (χ0n) is 10.7. The van der Waals surface area contributed by atoms with Crippen molar-refractivity contribution in [2.24, 2.45) is 0 Å². The van der Waals surface area contributed by atoms with Crippen molar-refractivity contribution in [1.29, 1.82) is 0 Å². The van der Waals surface area contributed by atoms with Gasteiger partial charge in [0.25, 0.3) is 20.2 Å². The molecule has 0 atom stereocenters. The van der Waals surface area contributed by atoms with Crippen LogP contribution in [0.15, 0.2) is 34.1 Å². The molecule has 2 aromatic carbocycles. The highest BCUT2D eigenvalue weighted by molar-refractivity contribution is 7.89. The molecule has 8 heteroatoms. The lowest BCUT2D eigenvalue weighted by atomic mass is 10.0. The average molecular weight is 316 g/mol. The average Bonchev–Trinajstić information content (AvgIpc) is 2.26. The van der Waals surface area contributed by atoms with Crippen molar-refractivity contribution < 1.29 is 25.9 Å². The Hall–Kier alpha value is -1.48. The normalized spacial score (nSPS) is 12.8. The SMILES string of the molecule is Cc1cc2cc(S(=O)(=O)O)c(S(=O)(=O)O)cc2cc1C. The van der Waals surface area contributed by atoms with Crippen molar-refractivity contribution in [3.8, 4) is 0 Å². The summed E-state index contributed by atoms with van der Waals surface area (Å²) in [4.78, 5) is -1.67. The molecular formula is C12H12O6S2. The lowest BCUT2D eigenvalue weighted by Gasteiger charge is -2.09. The first-order valence-electron chi connectivity index (χ1n) is 5.50. The van der Waals surface area contributed by atoms with Gasteiger partial charge in [0, 0.05) is 0 Å². The van der Waals surface area contributed by atoms with Crippen LogP contribution in [0.25, 0.3) is 10.8 Å². The molecule has 0 fully saturated rings. The summed E-state index contributed by atoms with van der Waals surface area (Å²) in [5, 5.41) is 0.904. The molecule has 0 amide bonds. The highest BCUT2D eigenvalue weighted by atomic mass is 32.2. The third kappa shape index (κ3) is 2.68. The summed E-state index contributed by atoms with van der Waals surface area (Å²) in [5.41, 5.74) is 1.77. The van der Waals surface area contributed by atoms with E-state index in [1.54, 1.807) is 12.1 Å². The molecule has 108 valence electrons. The van der Waals surface area contributed by atoms with Crippen molar-refractivity contribution in [2.45, 2.75) is 23.6 Å². The van der Waals surface area contributed by atoms with Crippen molar-refractivity contribution in [3.05, 3.63) is 35.4 Å². The van der Waals surface area contributed by atoms with Crippen LogP contribution < -0.4 is 0 Å². The summed E-state index contributed by atoms with van der Waals surface area (Å²) in [6.07, 6.45) is 0. The molecule has 20 heavy (non-hydrogen) atoms. The Morgan fingerprint density at radius 2 is 1.00 bits per heavy atom. The number of hydrogen-bond donors (Lipinski definition) is 2. The molecule has 0 aliphatic heterocycles. The minimum atomic E-state index is -4.77. The van der Waals surface area contributed by atoms with E-state index >= 15 is 0 Å². The van der Waals surface area contributed by atoms with E-state index in [9.17, 15) is 16.8 Å². The summed E-state index contributed by atoms with van der Waals surface area (Å²) in [6.45, 7) is 3.64. The van der Waals surface area contributed by atoms with Gasteiger partial charge >= 0.3 is 0 Å². The number of hydrogen-bond acceptors (Lipinski definition) is 4. The Morgan fingerprint density at radius 3 is 1.25 bits per heavy atom. The second-order valence-corrected chi connectivity index (χ2v) is 7.31. The van der Waals surface area contributed by atoms with E-state index in [2.05, 4.69) is 0 Å². The number of aryl methyl sites for hydroxylation is 2. The van der Waals surface area contributed by atoms with Crippen LogP contribution in [0.3, 0.4) is 0 Å². The van der Waals surface area contributed by atoms with Crippen molar-refractivity contribution in [3.63, 3.8) is 0 Å². The van der Waals surface area contributed by atoms with Crippen LogP contribution in [-0.4, -0.2) is 25.9 Å². The zero-order chi connectivity index (χ0) is 15.3. The Bertz CT molecular complexity index is 834. The Labute approximate surface area is 116 Å². The van der Waals surface area contributed by atoms with Crippen LogP contribution in [0, 0.1) is 13.8 Å². The molecule has 2 N–H and O–H groups in total. The third-order valence-corrected chi connectivity index (χ3v) is 4.99. The predicted octanol–water partition coefficient (Wildman–Crippen LogP) is 1.95. The quantitative estimate of drug-likeness (QED) is 0.820. The van der Waals surface area contributed by atoms with Gasteiger partial charge in [0.2, 0.25) is 0 Å². The topological polar surface area (TPSA) is 109 Å². The van der Waals surface area contributed by atoms with Gasteiger partial charge in [0.15, 0.2) is 0 Å². The Balaban J connectivity index is 3.01. The van der Waals surface area contributed by atoms with E-state index in [-0.39, 0.29) is 0 Å². The highest BCUT2D eigenvalue weighted by Crippen LogP contribution is 2.28. The van der Waals surface area contributed by atoms with Crippen LogP contribution in [-0.2, 0) is 20.2 Å². The fraction of sp³-hybridized carbons (Fsp3) is 0.167. The summed E-state index contributed by atoms with van der Waals surface area (Å²) < 4.78 is 63.3. The molecule has 0 spiro atoms. The van der Waals surface area contributed by atoms with Gasteiger partial charge in [0.05, 0.1) is 0 Å². The van der Waals surface area contributed by atoms with E-state index in [4.69, 9.17) is 9.11 Å². The van der Waals surface area contributed by atoms with E-state index in [1.165, 1.54) is 0 Å². The maximum Gasteiger partial charge on any atom is 0.295 e. The standard InChI is InChI=1S/C12H12O6S2/c1-7-3-9-5-11(19(13,14)15)12(20(16,17)18)6-10(9)4-8(7)2/h3-6H,1-2H3,(H,13,14,15)(H,16,17,18). The van der Waals surface area contributed by atoms with Gasteiger partial charge in [-0.2, -0.15) is 16.8 Å². The number of rotatable bonds is 2. The van der Waals surface area contributed by atoms with Gasteiger partial charge in [-0.25, -0.2) is 0 Å². The molecule has 0 saturated carbocycles. The minimum Gasteiger partial charge on any atom is -0.282 e. The van der Waals surface area contributed by atoms with Gasteiger partial charge in [-0.15, -0.1) is 0 Å². The first-order valence-corrected chi connectivity index (χ1v) is 8.38. The fourth-order valence-electron chi connectivity index (χ4n) is 1.94. The summed E-state index contributed by atoms with van der Waals surface area (Å²) >= 11 is 0. The lowest BCUT2D eigenvalue weighted by Crippen LogP contribution is -2.08. The molecule has 6 nitrogen and oxygen atoms in total. The van der Waals surface area contributed by atoms with Crippen molar-refractivity contribution in [1.82, 2.24) is 0 Å². The maximum absolute atomic E-state index is 11.3. The largest absolute Gasteiger partial charge is 0.295 e. The summed E-state index contributed by atoms with van der Waals surface area (Å²) in [5.74, 6) is 0. The first kappa shape index (κ1) is 14.9. The van der Waals surface area contributed by atoms with Crippen LogP contribution in [0.5, 0.6) is 0 Å². The maximum atomic E-state index is 11.3. The van der Waals surface area contributed by atoms with Gasteiger partial charge in [0.1, 0.15) is 9.79 Å². The van der Waals surface area contributed by atoms with E-state index in [0.29, 0.717) is 10.8 Å². The first-order chi connectivity index (χ1) is 9.00. The molecule has 0 saturated heterocycles. The summed E-state index contributed by atoms with van der Waals surface area (Å²) in [7, 11) is -9.54. The van der Waals surface area contributed by atoms with Crippen LogP contribution in [0.1, 0.15) is 11.1 Å². The molecule has 2 rings (SSSR count). The molecule has 0 aliphatic carbocycles. The number of benzene rings is 2. The van der Waals surface area contributed by atoms with E-state index < -0.39 is 30.0 Å². The minimum absolute atomic E-state index is 0.452. The van der Waals surface area contributed by atoms with Crippen LogP contribution in [0.2, 0.25) is 0 Å². The fourth-order valence-corrected chi connectivity index (χ4v) is 3.75. The highest BCUT2D eigenvalue weighted by Gasteiger charge is 2.24. The Kier molecular flexibility index (Phi) is 3.37. The van der Waals surface area contributed by atoms with Gasteiger partial charge in [-0.1, -0.05) is 12.1 Å². The summed E-state index contributed by atoms with van der Waals surface area (Å²) in [6, 6.07) is 5.40. The molecular weight excluding hydrogens is 304 g/mol. The lowest BCUT2D eigenvalue weighted by molar-refractivity contribution is 0.467. The van der Waals surface area contributed by atoms with E-state index in [1.807, 2.05) is 13.8 Å². The Morgan fingerprint density at radius 1 is 0.700 bits per heavy atom. The molecule has 0 bridgehead atoms. The van der Waals surface area contributed by atoms with Gasteiger partial charge in [-0.3, -0.25) is 9.11 Å². The molecule has 0 aliphatic rings. The molecule has 2 aromatic rings. The van der Waals surface area contributed by atoms with E-state index in [0.717, 1.165) is 23.3 Å². The molecule has 0 aromatic heterocycles. The van der Waals surface area contributed by atoms with Crippen LogP contribution >= 0.6 is 0 Å². The van der Waals surface area contributed by atoms with Crippen LogP contribution in [0.4, 0.5) is 0 Å². The predicted molar refractivity (Wildman–Crippen MR) is 73.1 cm³/mol. The molecule has 0 unspecified atom stereocenters. The van der Waals surface area contributed by atoms with Gasteiger partial charge < -0.3 is 0 Å².